The van der Waals surface area contributed by atoms with Crippen LogP contribution in [0.2, 0.25) is 0 Å². The van der Waals surface area contributed by atoms with E-state index >= 15 is 0 Å². The van der Waals surface area contributed by atoms with Gasteiger partial charge in [-0.2, -0.15) is 0 Å². The van der Waals surface area contributed by atoms with Gasteiger partial charge in [-0.15, -0.1) is 0 Å². The molecule has 0 saturated carbocycles. The molecule has 1 aliphatic heterocycles. The smallest absolute Gasteiger partial charge is 0.219 e. The number of aryl methyl sites for hydroxylation is 1. The standard InChI is InChI=1S/C11H17N3O/c1-9(15)14-5-3-4-10(7-14)11-6-12-8-13(11)2/h6,8,10H,3-5,7H2,1-2H3/t10-/m0/s1. The van der Waals surface area contributed by atoms with Crippen LogP contribution >= 0.6 is 0 Å². The highest BCUT2D eigenvalue weighted by Gasteiger charge is 2.24. The molecular formula is C11H17N3O. The second kappa shape index (κ2) is 4.04. The molecule has 1 aromatic rings. The first-order valence-electron chi connectivity index (χ1n) is 5.40. The number of carbonyl (C=O) groups is 1. The summed E-state index contributed by atoms with van der Waals surface area (Å²) in [5, 5.41) is 0. The lowest BCUT2D eigenvalue weighted by Crippen LogP contribution is -2.38. The Morgan fingerprint density at radius 2 is 2.40 bits per heavy atom. The topological polar surface area (TPSA) is 38.1 Å². The van der Waals surface area contributed by atoms with Gasteiger partial charge in [0.1, 0.15) is 0 Å². The molecule has 0 bridgehead atoms. The van der Waals surface area contributed by atoms with E-state index in [1.165, 1.54) is 5.69 Å². The van der Waals surface area contributed by atoms with E-state index in [0.29, 0.717) is 5.92 Å². The fourth-order valence-electron chi connectivity index (χ4n) is 2.27. The first kappa shape index (κ1) is 10.2. The first-order valence-corrected chi connectivity index (χ1v) is 5.40. The van der Waals surface area contributed by atoms with Gasteiger partial charge in [0.25, 0.3) is 0 Å². The third kappa shape index (κ3) is 2.03. The molecule has 0 radical (unpaired) electrons. The van der Waals surface area contributed by atoms with E-state index in [1.54, 1.807) is 6.92 Å². The van der Waals surface area contributed by atoms with Crippen LogP contribution in [0.1, 0.15) is 31.4 Å². The maximum atomic E-state index is 11.3. The van der Waals surface area contributed by atoms with Crippen LogP contribution in [0.3, 0.4) is 0 Å². The van der Waals surface area contributed by atoms with Crippen molar-refractivity contribution in [3.05, 3.63) is 18.2 Å². The summed E-state index contributed by atoms with van der Waals surface area (Å²) >= 11 is 0. The van der Waals surface area contributed by atoms with Crippen molar-refractivity contribution < 1.29 is 4.79 Å². The zero-order valence-corrected chi connectivity index (χ0v) is 9.31. The normalized spacial score (nSPS) is 21.7. The van der Waals surface area contributed by atoms with E-state index in [1.807, 2.05) is 29.0 Å². The van der Waals surface area contributed by atoms with Gasteiger partial charge in [0.15, 0.2) is 0 Å². The molecular weight excluding hydrogens is 190 g/mol. The Balaban J connectivity index is 2.11. The highest BCUT2D eigenvalue weighted by molar-refractivity contribution is 5.73. The molecule has 82 valence electrons. The summed E-state index contributed by atoms with van der Waals surface area (Å²) in [4.78, 5) is 17.4. The van der Waals surface area contributed by atoms with Crippen molar-refractivity contribution in [2.24, 2.45) is 7.05 Å². The Bertz CT molecular complexity index is 358. The molecule has 1 aliphatic rings. The number of imidazole rings is 1. The summed E-state index contributed by atoms with van der Waals surface area (Å²) in [5.74, 6) is 0.636. The molecule has 0 N–H and O–H groups in total. The second-order valence-corrected chi connectivity index (χ2v) is 4.23. The van der Waals surface area contributed by atoms with Crippen molar-refractivity contribution in [2.45, 2.75) is 25.7 Å². The number of rotatable bonds is 1. The van der Waals surface area contributed by atoms with Crippen molar-refractivity contribution in [2.75, 3.05) is 13.1 Å². The molecule has 0 aromatic carbocycles. The third-order valence-corrected chi connectivity index (χ3v) is 3.14. The van der Waals surface area contributed by atoms with Gasteiger partial charge in [-0.1, -0.05) is 0 Å². The van der Waals surface area contributed by atoms with Crippen LogP contribution in [0, 0.1) is 0 Å². The Morgan fingerprint density at radius 3 is 3.00 bits per heavy atom. The molecule has 2 rings (SSSR count). The van der Waals surface area contributed by atoms with Gasteiger partial charge in [-0.05, 0) is 12.8 Å². The molecule has 1 saturated heterocycles. The van der Waals surface area contributed by atoms with Gasteiger partial charge < -0.3 is 9.47 Å². The number of hydrogen-bond donors (Lipinski definition) is 0. The number of piperidine rings is 1. The number of carbonyl (C=O) groups excluding carboxylic acids is 1. The number of amides is 1. The van der Waals surface area contributed by atoms with Gasteiger partial charge >= 0.3 is 0 Å². The SMILES string of the molecule is CC(=O)N1CCC[C@H](c2cncn2C)C1. The molecule has 0 aliphatic carbocycles. The molecule has 2 heterocycles. The number of nitrogens with zero attached hydrogens (tertiary/aromatic N) is 3. The van der Waals surface area contributed by atoms with Gasteiger partial charge in [0.05, 0.1) is 6.33 Å². The Kier molecular flexibility index (Phi) is 2.75. The maximum absolute atomic E-state index is 11.3. The summed E-state index contributed by atoms with van der Waals surface area (Å²) < 4.78 is 2.05. The van der Waals surface area contributed by atoms with Crippen molar-refractivity contribution in [1.29, 1.82) is 0 Å². The molecule has 1 atom stereocenters. The predicted octanol–water partition coefficient (Wildman–Crippen LogP) is 1.15. The highest BCUT2D eigenvalue weighted by atomic mass is 16.2. The molecule has 4 nitrogen and oxygen atoms in total. The Morgan fingerprint density at radius 1 is 1.60 bits per heavy atom. The van der Waals surface area contributed by atoms with Crippen molar-refractivity contribution >= 4 is 5.91 Å². The van der Waals surface area contributed by atoms with Crippen molar-refractivity contribution in [3.63, 3.8) is 0 Å². The summed E-state index contributed by atoms with van der Waals surface area (Å²) in [6, 6.07) is 0. The number of hydrogen-bond acceptors (Lipinski definition) is 2. The van der Waals surface area contributed by atoms with E-state index < -0.39 is 0 Å². The minimum absolute atomic E-state index is 0.182. The zero-order valence-electron chi connectivity index (χ0n) is 9.31. The summed E-state index contributed by atoms with van der Waals surface area (Å²) in [5.41, 5.74) is 1.24. The quantitative estimate of drug-likeness (QED) is 0.692. The molecule has 1 aromatic heterocycles. The van der Waals surface area contributed by atoms with Crippen LogP contribution in [0.15, 0.2) is 12.5 Å². The minimum Gasteiger partial charge on any atom is -0.342 e. The fourth-order valence-corrected chi connectivity index (χ4v) is 2.27. The predicted molar refractivity (Wildman–Crippen MR) is 57.4 cm³/mol. The average Bonchev–Trinajstić information content (AvgIpc) is 2.64. The Hall–Kier alpha value is -1.32. The van der Waals surface area contributed by atoms with Crippen LogP contribution in [-0.2, 0) is 11.8 Å². The van der Waals surface area contributed by atoms with Gasteiger partial charge in [0, 0.05) is 44.9 Å². The highest BCUT2D eigenvalue weighted by Crippen LogP contribution is 2.26. The van der Waals surface area contributed by atoms with Gasteiger partial charge in [0.2, 0.25) is 5.91 Å². The maximum Gasteiger partial charge on any atom is 0.219 e. The fraction of sp³-hybridized carbons (Fsp3) is 0.636. The third-order valence-electron chi connectivity index (χ3n) is 3.14. The number of aromatic nitrogens is 2. The summed E-state index contributed by atoms with van der Waals surface area (Å²) in [6.45, 7) is 3.39. The van der Waals surface area contributed by atoms with Gasteiger partial charge in [-0.25, -0.2) is 4.98 Å². The van der Waals surface area contributed by atoms with E-state index in [4.69, 9.17) is 0 Å². The van der Waals surface area contributed by atoms with Crippen LogP contribution < -0.4 is 0 Å². The lowest BCUT2D eigenvalue weighted by Gasteiger charge is -2.32. The zero-order chi connectivity index (χ0) is 10.8. The first-order chi connectivity index (χ1) is 7.18. The van der Waals surface area contributed by atoms with Crippen LogP contribution in [0.25, 0.3) is 0 Å². The van der Waals surface area contributed by atoms with Crippen LogP contribution in [-0.4, -0.2) is 33.4 Å². The van der Waals surface area contributed by atoms with E-state index in [2.05, 4.69) is 4.98 Å². The lowest BCUT2D eigenvalue weighted by molar-refractivity contribution is -0.130. The van der Waals surface area contributed by atoms with Crippen molar-refractivity contribution in [1.82, 2.24) is 14.5 Å². The summed E-state index contributed by atoms with van der Waals surface area (Å²) in [7, 11) is 2.01. The number of likely N-dealkylation sites (tertiary alicyclic amines) is 1. The van der Waals surface area contributed by atoms with Crippen molar-refractivity contribution in [3.8, 4) is 0 Å². The average molecular weight is 207 g/mol. The lowest BCUT2D eigenvalue weighted by atomic mass is 9.95. The molecule has 15 heavy (non-hydrogen) atoms. The van der Waals surface area contributed by atoms with E-state index in [-0.39, 0.29) is 5.91 Å². The second-order valence-electron chi connectivity index (χ2n) is 4.23. The largest absolute Gasteiger partial charge is 0.342 e. The van der Waals surface area contributed by atoms with Crippen LogP contribution in [0.4, 0.5) is 0 Å². The minimum atomic E-state index is 0.182. The molecule has 0 spiro atoms. The van der Waals surface area contributed by atoms with E-state index in [9.17, 15) is 4.79 Å². The molecule has 4 heteroatoms. The summed E-state index contributed by atoms with van der Waals surface area (Å²) in [6.07, 6.45) is 5.98. The van der Waals surface area contributed by atoms with E-state index in [0.717, 1.165) is 25.9 Å². The molecule has 1 fully saturated rings. The van der Waals surface area contributed by atoms with Crippen LogP contribution in [0.5, 0.6) is 0 Å². The Labute approximate surface area is 89.9 Å². The van der Waals surface area contributed by atoms with Gasteiger partial charge in [-0.3, -0.25) is 4.79 Å². The molecule has 0 unspecified atom stereocenters. The molecule has 1 amide bonds. The monoisotopic (exact) mass is 207 g/mol.